The molecule has 3 heteroatoms. The zero-order chi connectivity index (χ0) is 57.7. The second kappa shape index (κ2) is 55.2. The quantitative estimate of drug-likeness (QED) is 0.0158. The standard InChI is InChI=1S/C40H60N2.2C18H37.Pd/c1-9-14-16-18-23-35(29-42-41)39(24-19-17-15-10-2)40(36-25-30(6)32(8)31(7)26-36)37-27-33(20-11-3)38(22-13-5)34(28-37)21-12-4;2*1-3-5-7-9-11-13-15-17-18-16-14-12-10-8-6-4-2;/h25-28H,9-24H2,1-8H3;2*1,3-18H2,2H3;. The molecule has 0 unspecified atom stereocenters. The van der Waals surface area contributed by atoms with Gasteiger partial charge in [-0.1, -0.05) is 195 Å². The molecule has 0 saturated carbocycles. The van der Waals surface area contributed by atoms with Crippen LogP contribution in [-0.2, 0) is 37.2 Å². The number of unbranched alkanes of at least 4 members (excludes halogenated alkanes) is 36. The van der Waals surface area contributed by atoms with E-state index in [1.807, 2.05) is 0 Å². The third-order valence-electron chi connectivity index (χ3n) is 17.0. The van der Waals surface area contributed by atoms with E-state index in [9.17, 15) is 5.53 Å². The van der Waals surface area contributed by atoms with Crippen LogP contribution in [0.5, 0.6) is 0 Å². The molecule has 2 rings (SSSR count). The van der Waals surface area contributed by atoms with Gasteiger partial charge in [0.05, 0.1) is 5.57 Å². The van der Waals surface area contributed by atoms with Gasteiger partial charge >= 0.3 is 175 Å². The van der Waals surface area contributed by atoms with Gasteiger partial charge in [-0.05, 0) is 121 Å². The van der Waals surface area contributed by atoms with Crippen LogP contribution in [0.3, 0.4) is 0 Å². The van der Waals surface area contributed by atoms with E-state index in [1.165, 1.54) is 301 Å². The summed E-state index contributed by atoms with van der Waals surface area (Å²) in [5, 5.41) is 0. The minimum absolute atomic E-state index is 0.901. The first-order chi connectivity index (χ1) is 38.8. The van der Waals surface area contributed by atoms with E-state index in [0.29, 0.717) is 0 Å². The Labute approximate surface area is 503 Å². The molecule has 0 radical (unpaired) electrons. The van der Waals surface area contributed by atoms with Crippen LogP contribution in [0, 0.1) is 20.8 Å². The summed E-state index contributed by atoms with van der Waals surface area (Å²) in [6.07, 6.45) is 65.8. The Morgan fingerprint density at radius 1 is 0.367 bits per heavy atom. The molecule has 0 aliphatic carbocycles. The molecule has 0 aliphatic heterocycles. The maximum atomic E-state index is 9.84. The Hall–Kier alpha value is -2.00. The molecule has 0 atom stereocenters. The van der Waals surface area contributed by atoms with Crippen molar-refractivity contribution in [3.8, 4) is 0 Å². The van der Waals surface area contributed by atoms with Gasteiger partial charge in [0.25, 0.3) is 0 Å². The second-order valence-corrected chi connectivity index (χ2v) is 26.8. The van der Waals surface area contributed by atoms with E-state index < -0.39 is 0 Å². The predicted octanol–water partition coefficient (Wildman–Crippen LogP) is 26.5. The number of benzene rings is 2. The molecule has 0 aliphatic rings. The number of hydrogen-bond acceptors (Lipinski definition) is 0. The fourth-order valence-corrected chi connectivity index (χ4v) is 13.8. The van der Waals surface area contributed by atoms with Crippen molar-refractivity contribution < 1.29 is 22.8 Å². The first-order valence-corrected chi connectivity index (χ1v) is 37.3. The third kappa shape index (κ3) is 38.5. The molecule has 0 spiro atoms. The van der Waals surface area contributed by atoms with E-state index >= 15 is 0 Å². The molecular weight excluding hydrogens is 1050 g/mol. The summed E-state index contributed by atoms with van der Waals surface area (Å²) < 4.78 is 0. The van der Waals surface area contributed by atoms with Gasteiger partial charge in [0.2, 0.25) is 0 Å². The van der Waals surface area contributed by atoms with Crippen LogP contribution in [0.25, 0.3) is 11.1 Å². The van der Waals surface area contributed by atoms with Gasteiger partial charge in [0, 0.05) is 0 Å². The number of aryl methyl sites for hydroxylation is 4. The number of hydrogen-bond donors (Lipinski definition) is 0. The molecule has 2 aromatic carbocycles. The smallest absolute Gasteiger partial charge is 0.0654 e. The van der Waals surface area contributed by atoms with Crippen molar-refractivity contribution >= 4 is 11.4 Å². The van der Waals surface area contributed by atoms with Crippen LogP contribution in [0.15, 0.2) is 35.4 Å². The minimum Gasteiger partial charge on any atom is -0.0654 e. The average Bonchev–Trinajstić information content (AvgIpc) is 3.48. The number of rotatable bonds is 53. The molecule has 458 valence electrons. The molecule has 0 saturated heterocycles. The van der Waals surface area contributed by atoms with Crippen LogP contribution in [-0.4, -0.2) is 10.7 Å². The number of nitrogens with zero attached hydrogens (tertiary/aromatic N) is 2. The van der Waals surface area contributed by atoms with Crippen LogP contribution in [0.1, 0.15) is 382 Å². The SMILES string of the molecule is CCCCCCC(=C=[N+]=[N-])C(CCCCCC)=C(c1cc(C)c(C)c(C)c1)c1cc(CCC)c(CCC)c(CCC)c1.CCCCCCCCCCCCCCCCC[CH2][Pd][CH2]CCCCCCCCCCCCCCCCC. The van der Waals surface area contributed by atoms with Gasteiger partial charge in [-0.15, -0.1) is 4.79 Å². The molecule has 0 aromatic heterocycles. The molecule has 0 heterocycles. The van der Waals surface area contributed by atoms with Crippen LogP contribution >= 0.6 is 0 Å². The van der Waals surface area contributed by atoms with Crippen LogP contribution in [0.2, 0.25) is 9.79 Å². The van der Waals surface area contributed by atoms with Crippen molar-refractivity contribution in [1.29, 1.82) is 0 Å². The van der Waals surface area contributed by atoms with E-state index in [0.717, 1.165) is 81.3 Å². The summed E-state index contributed by atoms with van der Waals surface area (Å²) >= 11 is 1.06. The summed E-state index contributed by atoms with van der Waals surface area (Å²) in [6, 6.07) is 9.83. The summed E-state index contributed by atoms with van der Waals surface area (Å²) in [6.45, 7) is 22.8. The third-order valence-corrected chi connectivity index (χ3v) is 19.2. The Bertz CT molecular complexity index is 1750. The van der Waals surface area contributed by atoms with Crippen molar-refractivity contribution in [1.82, 2.24) is 0 Å². The zero-order valence-corrected chi connectivity index (χ0v) is 56.4. The van der Waals surface area contributed by atoms with E-state index in [1.54, 1.807) is 15.4 Å². The molecule has 79 heavy (non-hydrogen) atoms. The monoisotopic (exact) mass is 1180 g/mol. The Morgan fingerprint density at radius 2 is 0.671 bits per heavy atom. The normalized spacial score (nSPS) is 11.7. The van der Waals surface area contributed by atoms with Crippen LogP contribution < -0.4 is 0 Å². The summed E-state index contributed by atoms with van der Waals surface area (Å²) in [4.78, 5) is 6.62. The van der Waals surface area contributed by atoms with E-state index in [4.69, 9.17) is 0 Å². The Balaban J connectivity index is 0.000000798. The first-order valence-electron chi connectivity index (χ1n) is 35.1. The van der Waals surface area contributed by atoms with Gasteiger partial charge in [-0.3, -0.25) is 0 Å². The van der Waals surface area contributed by atoms with Gasteiger partial charge in [-0.25, -0.2) is 0 Å². The maximum absolute atomic E-state index is 9.84. The van der Waals surface area contributed by atoms with Gasteiger partial charge in [0.1, 0.15) is 0 Å². The number of allylic oxidation sites excluding steroid dienone is 2. The molecule has 0 fully saturated rings. The van der Waals surface area contributed by atoms with Crippen molar-refractivity contribution in [2.45, 2.75) is 387 Å². The summed E-state index contributed by atoms with van der Waals surface area (Å²) in [5.41, 5.74) is 24.9. The molecule has 0 N–H and O–H groups in total. The molecule has 2 nitrogen and oxygen atoms in total. The molecule has 0 amide bonds. The van der Waals surface area contributed by atoms with Crippen molar-refractivity contribution in [2.75, 3.05) is 0 Å². The fourth-order valence-electron chi connectivity index (χ4n) is 11.9. The summed E-state index contributed by atoms with van der Waals surface area (Å²) in [5.74, 6) is 3.11. The average molecular weight is 1180 g/mol. The molecule has 2 aromatic rings. The summed E-state index contributed by atoms with van der Waals surface area (Å²) in [7, 11) is 0. The van der Waals surface area contributed by atoms with Crippen LogP contribution in [0.4, 0.5) is 0 Å². The van der Waals surface area contributed by atoms with Crippen molar-refractivity contribution in [2.24, 2.45) is 0 Å². The Kier molecular flexibility index (Phi) is 52.4. The predicted molar refractivity (Wildman–Crippen MR) is 353 cm³/mol. The van der Waals surface area contributed by atoms with Gasteiger partial charge in [-0.2, -0.15) is 0 Å². The minimum atomic E-state index is 0.901. The van der Waals surface area contributed by atoms with Crippen molar-refractivity contribution in [3.05, 3.63) is 85.5 Å². The van der Waals surface area contributed by atoms with Gasteiger partial charge in [0.15, 0.2) is 0 Å². The van der Waals surface area contributed by atoms with E-state index in [2.05, 4.69) is 104 Å². The fraction of sp³-hybridized carbons (Fsp3) is 0.789. The molecule has 0 bridgehead atoms. The topological polar surface area (TPSA) is 36.4 Å². The second-order valence-electron chi connectivity index (χ2n) is 24.5. The zero-order valence-electron chi connectivity index (χ0n) is 54.9. The van der Waals surface area contributed by atoms with Gasteiger partial charge < -0.3 is 5.53 Å². The van der Waals surface area contributed by atoms with E-state index in [-0.39, 0.29) is 0 Å². The molecular formula is C76H134N2Pd. The van der Waals surface area contributed by atoms with Crippen molar-refractivity contribution in [3.63, 3.8) is 0 Å². The Morgan fingerprint density at radius 3 is 1.00 bits per heavy atom. The first kappa shape index (κ1) is 75.0.